The summed E-state index contributed by atoms with van der Waals surface area (Å²) in [6, 6.07) is 4.48. The molecule has 0 aliphatic carbocycles. The third-order valence-corrected chi connectivity index (χ3v) is 6.00. The molecule has 0 unspecified atom stereocenters. The van der Waals surface area contributed by atoms with Crippen LogP contribution in [0.5, 0.6) is 0 Å². The zero-order valence-electron chi connectivity index (χ0n) is 17.7. The van der Waals surface area contributed by atoms with E-state index >= 15 is 0 Å². The molecular formula is C20H27F3IN5OS. The van der Waals surface area contributed by atoms with E-state index in [1.54, 1.807) is 24.5 Å². The first kappa shape index (κ1) is 25.7. The summed E-state index contributed by atoms with van der Waals surface area (Å²) in [7, 11) is 1.58. The summed E-state index contributed by atoms with van der Waals surface area (Å²) in [5.74, 6) is 0.422. The molecule has 0 radical (unpaired) electrons. The van der Waals surface area contributed by atoms with Crippen LogP contribution >= 0.6 is 35.3 Å². The number of rotatable bonds is 5. The number of aromatic nitrogens is 1. The minimum absolute atomic E-state index is 0. The second-order valence-corrected chi connectivity index (χ2v) is 8.25. The highest BCUT2D eigenvalue weighted by molar-refractivity contribution is 14.0. The number of hydrogen-bond acceptors (Lipinski definition) is 5. The lowest BCUT2D eigenvalue weighted by atomic mass is 10.0. The van der Waals surface area contributed by atoms with Gasteiger partial charge in [-0.1, -0.05) is 6.07 Å². The predicted molar refractivity (Wildman–Crippen MR) is 129 cm³/mol. The number of benzene rings is 1. The standard InChI is InChI=1S/C20H26F3N5OS.HI/c1-13-14(2)30-18(27-13)12-26-19(24-3)25-11-15-4-5-16(10-17(15)20(21,22)23)28-6-8-29-9-7-28;/h4-5,10H,6-9,11-12H2,1-3H3,(H2,24,25,26);1H. The van der Waals surface area contributed by atoms with Gasteiger partial charge in [0.25, 0.3) is 0 Å². The van der Waals surface area contributed by atoms with Crippen molar-refractivity contribution in [2.75, 3.05) is 38.3 Å². The largest absolute Gasteiger partial charge is 0.416 e. The molecule has 6 nitrogen and oxygen atoms in total. The van der Waals surface area contributed by atoms with Crippen molar-refractivity contribution in [3.8, 4) is 0 Å². The molecule has 172 valence electrons. The fourth-order valence-corrected chi connectivity index (χ4v) is 4.05. The number of anilines is 1. The van der Waals surface area contributed by atoms with Crippen molar-refractivity contribution in [2.24, 2.45) is 4.99 Å². The average Bonchev–Trinajstić information content (AvgIpc) is 3.05. The molecule has 0 atom stereocenters. The third-order valence-electron chi connectivity index (χ3n) is 4.92. The van der Waals surface area contributed by atoms with Gasteiger partial charge < -0.3 is 20.3 Å². The van der Waals surface area contributed by atoms with E-state index in [1.807, 2.05) is 18.7 Å². The van der Waals surface area contributed by atoms with Gasteiger partial charge in [0.2, 0.25) is 0 Å². The first-order chi connectivity index (χ1) is 14.3. The summed E-state index contributed by atoms with van der Waals surface area (Å²) in [4.78, 5) is 11.6. The first-order valence-electron chi connectivity index (χ1n) is 9.68. The van der Waals surface area contributed by atoms with Crippen LogP contribution in [0.25, 0.3) is 0 Å². The molecule has 2 N–H and O–H groups in total. The van der Waals surface area contributed by atoms with E-state index in [-0.39, 0.29) is 36.1 Å². The highest BCUT2D eigenvalue weighted by Gasteiger charge is 2.34. The molecular weight excluding hydrogens is 542 g/mol. The van der Waals surface area contributed by atoms with E-state index in [0.29, 0.717) is 44.5 Å². The molecule has 0 amide bonds. The lowest BCUT2D eigenvalue weighted by molar-refractivity contribution is -0.138. The van der Waals surface area contributed by atoms with Gasteiger partial charge in [0.05, 0.1) is 31.0 Å². The van der Waals surface area contributed by atoms with Crippen LogP contribution in [0.4, 0.5) is 18.9 Å². The van der Waals surface area contributed by atoms with Crippen molar-refractivity contribution < 1.29 is 17.9 Å². The van der Waals surface area contributed by atoms with Crippen LogP contribution in [-0.4, -0.2) is 44.3 Å². The number of nitrogens with zero attached hydrogens (tertiary/aromatic N) is 3. The van der Waals surface area contributed by atoms with E-state index in [4.69, 9.17) is 4.74 Å². The number of thiazole rings is 1. The molecule has 3 rings (SSSR count). The molecule has 1 aromatic heterocycles. The van der Waals surface area contributed by atoms with E-state index in [1.165, 1.54) is 12.1 Å². The van der Waals surface area contributed by atoms with Gasteiger partial charge in [-0.05, 0) is 31.5 Å². The summed E-state index contributed by atoms with van der Waals surface area (Å²) in [6.45, 7) is 6.62. The molecule has 1 saturated heterocycles. The van der Waals surface area contributed by atoms with Gasteiger partial charge in [0, 0.05) is 37.2 Å². The first-order valence-corrected chi connectivity index (χ1v) is 10.5. The lowest BCUT2D eigenvalue weighted by Gasteiger charge is -2.29. The molecule has 1 aliphatic rings. The smallest absolute Gasteiger partial charge is 0.378 e. The van der Waals surface area contributed by atoms with E-state index < -0.39 is 11.7 Å². The van der Waals surface area contributed by atoms with E-state index in [0.717, 1.165) is 15.6 Å². The van der Waals surface area contributed by atoms with Crippen molar-refractivity contribution in [3.63, 3.8) is 0 Å². The fraction of sp³-hybridized carbons (Fsp3) is 0.500. The zero-order valence-corrected chi connectivity index (χ0v) is 20.8. The monoisotopic (exact) mass is 569 g/mol. The predicted octanol–water partition coefficient (Wildman–Crippen LogP) is 4.10. The number of aryl methyl sites for hydroxylation is 2. The normalized spacial score (nSPS) is 14.9. The van der Waals surface area contributed by atoms with Crippen molar-refractivity contribution in [3.05, 3.63) is 44.9 Å². The van der Waals surface area contributed by atoms with Crippen LogP contribution in [0.3, 0.4) is 0 Å². The number of aliphatic imine (C=N–C) groups is 1. The highest BCUT2D eigenvalue weighted by Crippen LogP contribution is 2.35. The second-order valence-electron chi connectivity index (χ2n) is 6.97. The second kappa shape index (κ2) is 11.3. The molecule has 2 heterocycles. The lowest BCUT2D eigenvalue weighted by Crippen LogP contribution is -2.37. The minimum Gasteiger partial charge on any atom is -0.378 e. The SMILES string of the molecule is CN=C(NCc1nc(C)c(C)s1)NCc1ccc(N2CCOCC2)cc1C(F)(F)F.I. The summed E-state index contributed by atoms with van der Waals surface area (Å²) < 4.78 is 46.3. The van der Waals surface area contributed by atoms with Gasteiger partial charge in [-0.15, -0.1) is 35.3 Å². The van der Waals surface area contributed by atoms with Crippen molar-refractivity contribution in [1.29, 1.82) is 0 Å². The Balaban J connectivity index is 0.00000341. The number of alkyl halides is 3. The summed E-state index contributed by atoms with van der Waals surface area (Å²) >= 11 is 1.58. The van der Waals surface area contributed by atoms with Crippen molar-refractivity contribution in [2.45, 2.75) is 33.1 Å². The minimum atomic E-state index is -4.44. The van der Waals surface area contributed by atoms with Crippen LogP contribution in [0.2, 0.25) is 0 Å². The van der Waals surface area contributed by atoms with E-state index in [9.17, 15) is 13.2 Å². The Morgan fingerprint density at radius 3 is 2.45 bits per heavy atom. The average molecular weight is 569 g/mol. The summed E-state index contributed by atoms with van der Waals surface area (Å²) in [5.41, 5.74) is 1.07. The maximum Gasteiger partial charge on any atom is 0.416 e. The molecule has 1 aromatic carbocycles. The molecule has 1 aliphatic heterocycles. The fourth-order valence-electron chi connectivity index (χ4n) is 3.17. The zero-order chi connectivity index (χ0) is 21.7. The highest BCUT2D eigenvalue weighted by atomic mass is 127. The van der Waals surface area contributed by atoms with Crippen molar-refractivity contribution >= 4 is 47.0 Å². The van der Waals surface area contributed by atoms with Gasteiger partial charge in [-0.3, -0.25) is 4.99 Å². The Bertz CT molecular complexity index is 878. The molecule has 0 spiro atoms. The van der Waals surface area contributed by atoms with Crippen LogP contribution < -0.4 is 15.5 Å². The van der Waals surface area contributed by atoms with E-state index in [2.05, 4.69) is 20.6 Å². The molecule has 31 heavy (non-hydrogen) atoms. The molecule has 1 fully saturated rings. The van der Waals surface area contributed by atoms with Crippen LogP contribution in [-0.2, 0) is 24.0 Å². The summed E-state index contributed by atoms with van der Waals surface area (Å²) in [6.07, 6.45) is -4.44. The van der Waals surface area contributed by atoms with Crippen LogP contribution in [0.15, 0.2) is 23.2 Å². The van der Waals surface area contributed by atoms with Crippen molar-refractivity contribution in [1.82, 2.24) is 15.6 Å². The number of guanidine groups is 1. The van der Waals surface area contributed by atoms with Gasteiger partial charge in [-0.25, -0.2) is 4.98 Å². The molecule has 0 saturated carbocycles. The Labute approximate surface area is 201 Å². The maximum absolute atomic E-state index is 13.7. The quantitative estimate of drug-likeness (QED) is 0.323. The van der Waals surface area contributed by atoms with Gasteiger partial charge in [0.1, 0.15) is 5.01 Å². The third kappa shape index (κ3) is 6.94. The molecule has 2 aromatic rings. The van der Waals surface area contributed by atoms with Gasteiger partial charge in [-0.2, -0.15) is 13.2 Å². The summed E-state index contributed by atoms with van der Waals surface area (Å²) in [5, 5.41) is 6.97. The maximum atomic E-state index is 13.7. The van der Waals surface area contributed by atoms with Crippen LogP contribution in [0, 0.1) is 13.8 Å². The Morgan fingerprint density at radius 2 is 1.87 bits per heavy atom. The number of halogens is 4. The number of morpholine rings is 1. The molecule has 0 bridgehead atoms. The number of ether oxygens (including phenoxy) is 1. The Morgan fingerprint density at radius 1 is 1.19 bits per heavy atom. The number of hydrogen-bond donors (Lipinski definition) is 2. The molecule has 11 heteroatoms. The number of nitrogens with one attached hydrogen (secondary N) is 2. The van der Waals surface area contributed by atoms with Crippen LogP contribution in [0.1, 0.15) is 26.7 Å². The van der Waals surface area contributed by atoms with Gasteiger partial charge >= 0.3 is 6.18 Å². The Hall–Kier alpha value is -1.60. The Kier molecular flexibility index (Phi) is 9.37. The topological polar surface area (TPSA) is 61.8 Å². The van der Waals surface area contributed by atoms with Gasteiger partial charge in [0.15, 0.2) is 5.96 Å².